The van der Waals surface area contributed by atoms with Gasteiger partial charge >= 0.3 is 0 Å². The number of rotatable bonds is 8. The van der Waals surface area contributed by atoms with Crippen LogP contribution in [0.3, 0.4) is 0 Å². The number of carbonyl (C=O) groups excluding carboxylic acids is 1. The number of carbonyl (C=O) groups is 1. The summed E-state index contributed by atoms with van der Waals surface area (Å²) >= 11 is 0. The Morgan fingerprint density at radius 1 is 1.10 bits per heavy atom. The highest BCUT2D eigenvalue weighted by molar-refractivity contribution is 7.90. The summed E-state index contributed by atoms with van der Waals surface area (Å²) in [6.07, 6.45) is 1.63. The van der Waals surface area contributed by atoms with Crippen LogP contribution in [0.5, 0.6) is 5.75 Å². The van der Waals surface area contributed by atoms with Gasteiger partial charge in [-0.25, -0.2) is 8.42 Å². The molecule has 0 N–H and O–H groups in total. The number of hydrogen-bond acceptors (Lipinski definition) is 7. The third kappa shape index (κ3) is 5.49. The normalized spacial score (nSPS) is 11.5. The standard InChI is InChI=1S/C22H25N3O5S/c1-15(2)25(17-7-11-19(12-8-17)31(4,27)28)21(26)14-13-20-23-22(24-30-20)16-5-9-18(29-3)10-6-16/h5-12,15H,13-14H2,1-4H3. The summed E-state index contributed by atoms with van der Waals surface area (Å²) in [5, 5.41) is 3.98. The number of ether oxygens (including phenoxy) is 1. The molecule has 0 unspecified atom stereocenters. The van der Waals surface area contributed by atoms with Gasteiger partial charge < -0.3 is 14.2 Å². The van der Waals surface area contributed by atoms with Gasteiger partial charge in [0.1, 0.15) is 5.75 Å². The molecule has 0 aliphatic heterocycles. The van der Waals surface area contributed by atoms with E-state index in [4.69, 9.17) is 9.26 Å². The van der Waals surface area contributed by atoms with Gasteiger partial charge in [0, 0.05) is 36.4 Å². The van der Waals surface area contributed by atoms with E-state index in [1.54, 1.807) is 24.1 Å². The van der Waals surface area contributed by atoms with Gasteiger partial charge in [-0.05, 0) is 62.4 Å². The van der Waals surface area contributed by atoms with E-state index in [-0.39, 0.29) is 23.3 Å². The van der Waals surface area contributed by atoms with Gasteiger partial charge in [-0.3, -0.25) is 4.79 Å². The van der Waals surface area contributed by atoms with E-state index in [0.29, 0.717) is 23.8 Å². The van der Waals surface area contributed by atoms with Crippen molar-refractivity contribution in [2.24, 2.45) is 0 Å². The maximum absolute atomic E-state index is 12.9. The molecular weight excluding hydrogens is 418 g/mol. The lowest BCUT2D eigenvalue weighted by Gasteiger charge is -2.27. The molecule has 9 heteroatoms. The highest BCUT2D eigenvalue weighted by atomic mass is 32.2. The second kappa shape index (κ2) is 9.30. The molecule has 31 heavy (non-hydrogen) atoms. The minimum absolute atomic E-state index is 0.103. The molecule has 0 saturated carbocycles. The van der Waals surface area contributed by atoms with Crippen molar-refractivity contribution in [2.75, 3.05) is 18.3 Å². The lowest BCUT2D eigenvalue weighted by atomic mass is 10.2. The zero-order valence-corrected chi connectivity index (χ0v) is 18.7. The van der Waals surface area contributed by atoms with E-state index in [1.165, 1.54) is 12.1 Å². The number of aryl methyl sites for hydroxylation is 1. The minimum Gasteiger partial charge on any atom is -0.497 e. The van der Waals surface area contributed by atoms with Crippen LogP contribution in [0.15, 0.2) is 57.9 Å². The summed E-state index contributed by atoms with van der Waals surface area (Å²) in [5.41, 5.74) is 1.42. The zero-order chi connectivity index (χ0) is 22.6. The molecule has 1 aromatic heterocycles. The van der Waals surface area contributed by atoms with E-state index in [0.717, 1.165) is 17.6 Å². The number of sulfone groups is 1. The Morgan fingerprint density at radius 2 is 1.74 bits per heavy atom. The summed E-state index contributed by atoms with van der Waals surface area (Å²) in [5.74, 6) is 1.43. The van der Waals surface area contributed by atoms with E-state index in [9.17, 15) is 13.2 Å². The van der Waals surface area contributed by atoms with E-state index in [2.05, 4.69) is 10.1 Å². The van der Waals surface area contributed by atoms with Crippen LogP contribution in [0.2, 0.25) is 0 Å². The Kier molecular flexibility index (Phi) is 6.74. The lowest BCUT2D eigenvalue weighted by Crippen LogP contribution is -2.37. The number of methoxy groups -OCH3 is 1. The first-order valence-electron chi connectivity index (χ1n) is 9.78. The van der Waals surface area contributed by atoms with E-state index in [1.807, 2.05) is 38.1 Å². The number of anilines is 1. The molecule has 164 valence electrons. The molecule has 1 amide bonds. The van der Waals surface area contributed by atoms with E-state index < -0.39 is 9.84 Å². The van der Waals surface area contributed by atoms with Gasteiger partial charge in [0.05, 0.1) is 12.0 Å². The molecule has 2 aromatic carbocycles. The molecule has 0 saturated heterocycles. The van der Waals surface area contributed by atoms with Crippen molar-refractivity contribution < 1.29 is 22.5 Å². The third-order valence-electron chi connectivity index (χ3n) is 4.70. The fourth-order valence-electron chi connectivity index (χ4n) is 3.13. The SMILES string of the molecule is COc1ccc(-c2noc(CCC(=O)N(c3ccc(S(C)(=O)=O)cc3)C(C)C)n2)cc1. The summed E-state index contributed by atoms with van der Waals surface area (Å²) in [4.78, 5) is 19.1. The Labute approximate surface area is 181 Å². The highest BCUT2D eigenvalue weighted by Gasteiger charge is 2.21. The molecule has 0 fully saturated rings. The summed E-state index contributed by atoms with van der Waals surface area (Å²) in [6, 6.07) is 13.5. The third-order valence-corrected chi connectivity index (χ3v) is 5.83. The second-order valence-corrected chi connectivity index (χ2v) is 9.38. The van der Waals surface area contributed by atoms with Gasteiger partial charge in [-0.15, -0.1) is 0 Å². The van der Waals surface area contributed by atoms with Crippen LogP contribution in [-0.4, -0.2) is 43.9 Å². The number of nitrogens with zero attached hydrogens (tertiary/aromatic N) is 3. The molecule has 3 rings (SSSR count). The fraction of sp³-hybridized carbons (Fsp3) is 0.318. The van der Waals surface area contributed by atoms with Crippen LogP contribution >= 0.6 is 0 Å². The van der Waals surface area contributed by atoms with Gasteiger partial charge in [0.2, 0.25) is 17.6 Å². The summed E-state index contributed by atoms with van der Waals surface area (Å²) in [6.45, 7) is 3.80. The van der Waals surface area contributed by atoms with Crippen molar-refractivity contribution in [2.45, 2.75) is 37.6 Å². The minimum atomic E-state index is -3.29. The topological polar surface area (TPSA) is 103 Å². The van der Waals surface area contributed by atoms with Crippen LogP contribution in [-0.2, 0) is 21.1 Å². The molecule has 0 bridgehead atoms. The van der Waals surface area contributed by atoms with E-state index >= 15 is 0 Å². The molecule has 3 aromatic rings. The Balaban J connectivity index is 1.68. The predicted octanol–water partition coefficient (Wildman–Crippen LogP) is 3.52. The maximum Gasteiger partial charge on any atom is 0.227 e. The lowest BCUT2D eigenvalue weighted by molar-refractivity contribution is -0.119. The summed E-state index contributed by atoms with van der Waals surface area (Å²) < 4.78 is 33.8. The van der Waals surface area contributed by atoms with Gasteiger partial charge in [0.25, 0.3) is 0 Å². The highest BCUT2D eigenvalue weighted by Crippen LogP contribution is 2.23. The molecule has 0 aliphatic rings. The largest absolute Gasteiger partial charge is 0.497 e. The number of amides is 1. The number of benzene rings is 2. The van der Waals surface area contributed by atoms with Gasteiger partial charge in [-0.1, -0.05) is 5.16 Å². The van der Waals surface area contributed by atoms with Crippen LogP contribution in [0.4, 0.5) is 5.69 Å². The van der Waals surface area contributed by atoms with Crippen LogP contribution in [0, 0.1) is 0 Å². The van der Waals surface area contributed by atoms with Gasteiger partial charge in [0.15, 0.2) is 9.84 Å². The molecule has 0 atom stereocenters. The Hall–Kier alpha value is -3.20. The second-order valence-electron chi connectivity index (χ2n) is 7.36. The first-order chi connectivity index (χ1) is 14.7. The van der Waals surface area contributed by atoms with Crippen molar-refractivity contribution >= 4 is 21.4 Å². The van der Waals surface area contributed by atoms with Crippen LogP contribution in [0.25, 0.3) is 11.4 Å². The van der Waals surface area contributed by atoms with Crippen molar-refractivity contribution in [1.29, 1.82) is 0 Å². The first-order valence-corrected chi connectivity index (χ1v) is 11.7. The van der Waals surface area contributed by atoms with Crippen LogP contribution in [0.1, 0.15) is 26.2 Å². The molecule has 1 heterocycles. The Morgan fingerprint density at radius 3 is 2.29 bits per heavy atom. The fourth-order valence-corrected chi connectivity index (χ4v) is 3.76. The average Bonchev–Trinajstić information content (AvgIpc) is 3.21. The van der Waals surface area contributed by atoms with Crippen molar-refractivity contribution in [3.8, 4) is 17.1 Å². The molecular formula is C22H25N3O5S. The first kappa shape index (κ1) is 22.5. The van der Waals surface area contributed by atoms with Gasteiger partial charge in [-0.2, -0.15) is 4.98 Å². The van der Waals surface area contributed by atoms with Crippen molar-refractivity contribution in [3.63, 3.8) is 0 Å². The molecule has 0 aliphatic carbocycles. The number of hydrogen-bond donors (Lipinski definition) is 0. The predicted molar refractivity (Wildman–Crippen MR) is 117 cm³/mol. The van der Waals surface area contributed by atoms with Crippen molar-refractivity contribution in [1.82, 2.24) is 10.1 Å². The van der Waals surface area contributed by atoms with Crippen LogP contribution < -0.4 is 9.64 Å². The molecule has 0 radical (unpaired) electrons. The monoisotopic (exact) mass is 443 g/mol. The zero-order valence-electron chi connectivity index (χ0n) is 17.9. The quantitative estimate of drug-likeness (QED) is 0.525. The molecule has 8 nitrogen and oxygen atoms in total. The smallest absolute Gasteiger partial charge is 0.227 e. The number of aromatic nitrogens is 2. The Bertz CT molecular complexity index is 1140. The van der Waals surface area contributed by atoms with Crippen molar-refractivity contribution in [3.05, 3.63) is 54.4 Å². The molecule has 0 spiro atoms. The maximum atomic E-state index is 12.9. The average molecular weight is 444 g/mol. The summed E-state index contributed by atoms with van der Waals surface area (Å²) in [7, 11) is -1.70.